The number of anilines is 1. The highest BCUT2D eigenvalue weighted by molar-refractivity contribution is 7.98. The van der Waals surface area contributed by atoms with Crippen LogP contribution in [0.1, 0.15) is 29.0 Å². The minimum Gasteiger partial charge on any atom is -0.312 e. The number of carbonyl (C=O) groups is 1. The summed E-state index contributed by atoms with van der Waals surface area (Å²) in [7, 11) is 1.60. The molecule has 3 aromatic rings. The monoisotopic (exact) mass is 431 g/mol. The predicted octanol–water partition coefficient (Wildman–Crippen LogP) is 3.96. The summed E-state index contributed by atoms with van der Waals surface area (Å²) in [5.41, 5.74) is -0.181. The van der Waals surface area contributed by atoms with Crippen molar-refractivity contribution in [3.8, 4) is 0 Å². The lowest BCUT2D eigenvalue weighted by Gasteiger charge is -2.27. The molecular weight excluding hydrogens is 415 g/mol. The van der Waals surface area contributed by atoms with Gasteiger partial charge < -0.3 is 9.88 Å². The Morgan fingerprint density at radius 3 is 2.60 bits per heavy atom. The molecule has 1 amide bonds. The topological polar surface area (TPSA) is 64.0 Å². The van der Waals surface area contributed by atoms with Crippen molar-refractivity contribution in [2.24, 2.45) is 7.05 Å². The number of hydrogen-bond acceptors (Lipinski definition) is 4. The maximum absolute atomic E-state index is 14.4. The summed E-state index contributed by atoms with van der Waals surface area (Å²) in [5, 5.41) is 2.90. The molecule has 1 aromatic heterocycles. The molecule has 5 nitrogen and oxygen atoms in total. The number of hydrogen-bond donors (Lipinski definition) is 1. The fourth-order valence-electron chi connectivity index (χ4n) is 3.48. The number of carbonyl (C=O) groups excluding carboxylic acids is 1. The first-order valence-electron chi connectivity index (χ1n) is 9.07. The standard InChI is InChI=1S/C21H16F3N3O2S/c1-27-19-17(13(9-16(28)25-19)12-6-4-8-15(23)18(12)24)20(29)26-21(27)30-10-11-5-2-3-7-14(11)22/h2-8,13H,9-10H2,1H3,(H,25,28). The van der Waals surface area contributed by atoms with E-state index in [1.54, 1.807) is 25.2 Å². The van der Waals surface area contributed by atoms with Crippen LogP contribution in [0.4, 0.5) is 19.0 Å². The summed E-state index contributed by atoms with van der Waals surface area (Å²) in [5.74, 6) is -3.51. The van der Waals surface area contributed by atoms with Crippen molar-refractivity contribution in [1.82, 2.24) is 9.55 Å². The van der Waals surface area contributed by atoms with Crippen LogP contribution >= 0.6 is 11.8 Å². The van der Waals surface area contributed by atoms with Crippen molar-refractivity contribution < 1.29 is 18.0 Å². The third-order valence-electron chi connectivity index (χ3n) is 4.97. The number of rotatable bonds is 4. The van der Waals surface area contributed by atoms with Crippen molar-refractivity contribution in [2.45, 2.75) is 23.2 Å². The Bertz CT molecular complexity index is 1210. The third-order valence-corrected chi connectivity index (χ3v) is 6.05. The maximum atomic E-state index is 14.4. The SMILES string of the molecule is Cn1c(SCc2ccccc2F)nc(=O)c2c1NC(=O)CC2c1cccc(F)c1F. The molecule has 0 fully saturated rings. The summed E-state index contributed by atoms with van der Waals surface area (Å²) in [6.45, 7) is 0. The second kappa shape index (κ2) is 7.98. The second-order valence-corrected chi connectivity index (χ2v) is 7.79. The minimum atomic E-state index is -1.09. The predicted molar refractivity (Wildman–Crippen MR) is 107 cm³/mol. The highest BCUT2D eigenvalue weighted by Gasteiger charge is 2.34. The van der Waals surface area contributed by atoms with E-state index in [2.05, 4.69) is 10.3 Å². The van der Waals surface area contributed by atoms with Crippen LogP contribution in [0.15, 0.2) is 52.4 Å². The molecule has 2 aromatic carbocycles. The first-order valence-corrected chi connectivity index (χ1v) is 10.1. The molecule has 4 rings (SSSR count). The first kappa shape index (κ1) is 20.2. The van der Waals surface area contributed by atoms with E-state index in [0.717, 1.165) is 17.8 Å². The van der Waals surface area contributed by atoms with Crippen molar-refractivity contribution in [3.63, 3.8) is 0 Å². The zero-order valence-electron chi connectivity index (χ0n) is 15.8. The molecule has 1 aliphatic heterocycles. The Labute approximate surface area is 174 Å². The summed E-state index contributed by atoms with van der Waals surface area (Å²) >= 11 is 1.13. The highest BCUT2D eigenvalue weighted by atomic mass is 32.2. The zero-order valence-corrected chi connectivity index (χ0v) is 16.6. The van der Waals surface area contributed by atoms with Crippen LogP contribution in [0, 0.1) is 17.5 Å². The number of nitrogens with zero attached hydrogens (tertiary/aromatic N) is 2. The summed E-state index contributed by atoms with van der Waals surface area (Å²) in [4.78, 5) is 29.2. The fourth-order valence-corrected chi connectivity index (χ4v) is 4.43. The summed E-state index contributed by atoms with van der Waals surface area (Å²) in [6.07, 6.45) is -0.202. The van der Waals surface area contributed by atoms with Gasteiger partial charge in [-0.1, -0.05) is 42.1 Å². The first-order chi connectivity index (χ1) is 14.4. The van der Waals surface area contributed by atoms with Crippen LogP contribution in [0.2, 0.25) is 0 Å². The Morgan fingerprint density at radius 2 is 1.83 bits per heavy atom. The molecule has 9 heteroatoms. The number of fused-ring (bicyclic) bond motifs is 1. The van der Waals surface area contributed by atoms with Gasteiger partial charge in [-0.15, -0.1) is 0 Å². The van der Waals surface area contributed by atoms with Crippen molar-refractivity contribution in [1.29, 1.82) is 0 Å². The van der Waals surface area contributed by atoms with Crippen molar-refractivity contribution >= 4 is 23.5 Å². The molecular formula is C21H16F3N3O2S. The van der Waals surface area contributed by atoms with E-state index in [0.29, 0.717) is 5.56 Å². The van der Waals surface area contributed by atoms with Gasteiger partial charge in [0.2, 0.25) is 5.91 Å². The average Bonchev–Trinajstić information content (AvgIpc) is 2.72. The number of benzene rings is 2. The summed E-state index contributed by atoms with van der Waals surface area (Å²) < 4.78 is 43.5. The van der Waals surface area contributed by atoms with Gasteiger partial charge in [-0.3, -0.25) is 9.59 Å². The molecule has 0 bridgehead atoms. The number of nitrogens with one attached hydrogen (secondary N) is 1. The van der Waals surface area contributed by atoms with Gasteiger partial charge in [0.05, 0.1) is 5.56 Å². The number of amides is 1. The molecule has 154 valence electrons. The lowest BCUT2D eigenvalue weighted by Crippen LogP contribution is -2.34. The molecule has 1 N–H and O–H groups in total. The van der Waals surface area contributed by atoms with E-state index < -0.39 is 29.0 Å². The van der Waals surface area contributed by atoms with Crippen LogP contribution in [0.3, 0.4) is 0 Å². The third kappa shape index (κ3) is 3.60. The maximum Gasteiger partial charge on any atom is 0.279 e. The van der Waals surface area contributed by atoms with Crippen LogP contribution in [0.25, 0.3) is 0 Å². The van der Waals surface area contributed by atoms with Crippen LogP contribution in [-0.4, -0.2) is 15.5 Å². The Balaban J connectivity index is 1.76. The lowest BCUT2D eigenvalue weighted by molar-refractivity contribution is -0.116. The van der Waals surface area contributed by atoms with Crippen LogP contribution < -0.4 is 10.9 Å². The van der Waals surface area contributed by atoms with E-state index in [1.807, 2.05) is 0 Å². The molecule has 1 unspecified atom stereocenters. The minimum absolute atomic E-state index is 0.0724. The van der Waals surface area contributed by atoms with Gasteiger partial charge in [0.15, 0.2) is 16.8 Å². The van der Waals surface area contributed by atoms with E-state index in [9.17, 15) is 22.8 Å². The molecule has 0 saturated carbocycles. The fraction of sp³-hybridized carbons (Fsp3) is 0.190. The summed E-state index contributed by atoms with van der Waals surface area (Å²) in [6, 6.07) is 9.91. The van der Waals surface area contributed by atoms with Crippen LogP contribution in [-0.2, 0) is 17.6 Å². The van der Waals surface area contributed by atoms with E-state index in [4.69, 9.17) is 0 Å². The van der Waals surface area contributed by atoms with Crippen LogP contribution in [0.5, 0.6) is 0 Å². The Kier molecular flexibility index (Phi) is 5.38. The largest absolute Gasteiger partial charge is 0.312 e. The highest BCUT2D eigenvalue weighted by Crippen LogP contribution is 2.37. The van der Waals surface area contributed by atoms with Gasteiger partial charge in [-0.05, 0) is 23.3 Å². The molecule has 0 aliphatic carbocycles. The molecule has 1 atom stereocenters. The van der Waals surface area contributed by atoms with Gasteiger partial charge in [0, 0.05) is 25.1 Å². The quantitative estimate of drug-likeness (QED) is 0.502. The smallest absolute Gasteiger partial charge is 0.279 e. The second-order valence-electron chi connectivity index (χ2n) is 6.85. The van der Waals surface area contributed by atoms with Gasteiger partial charge in [-0.25, -0.2) is 13.2 Å². The molecule has 1 aliphatic rings. The molecule has 0 spiro atoms. The normalized spacial score (nSPS) is 15.6. The molecule has 2 heterocycles. The zero-order chi connectivity index (χ0) is 21.4. The molecule has 30 heavy (non-hydrogen) atoms. The lowest BCUT2D eigenvalue weighted by atomic mass is 9.86. The van der Waals surface area contributed by atoms with Gasteiger partial charge in [-0.2, -0.15) is 4.98 Å². The number of halogens is 3. The van der Waals surface area contributed by atoms with Gasteiger partial charge in [0.25, 0.3) is 5.56 Å². The Morgan fingerprint density at radius 1 is 1.10 bits per heavy atom. The average molecular weight is 431 g/mol. The Hall–Kier alpha value is -3.07. The molecule has 0 radical (unpaired) electrons. The van der Waals surface area contributed by atoms with Crippen molar-refractivity contribution in [2.75, 3.05) is 5.32 Å². The van der Waals surface area contributed by atoms with E-state index in [1.165, 1.54) is 22.8 Å². The van der Waals surface area contributed by atoms with Gasteiger partial charge >= 0.3 is 0 Å². The van der Waals surface area contributed by atoms with Gasteiger partial charge in [0.1, 0.15) is 11.6 Å². The van der Waals surface area contributed by atoms with Crippen molar-refractivity contribution in [3.05, 3.63) is 87.0 Å². The van der Waals surface area contributed by atoms with E-state index >= 15 is 0 Å². The number of thioether (sulfide) groups is 1. The number of aromatic nitrogens is 2. The molecule has 0 saturated heterocycles. The van der Waals surface area contributed by atoms with E-state index in [-0.39, 0.29) is 40.1 Å².